The van der Waals surface area contributed by atoms with Crippen molar-refractivity contribution < 1.29 is 9.53 Å². The fourth-order valence-corrected chi connectivity index (χ4v) is 3.20. The molecular weight excluding hydrogens is 288 g/mol. The third-order valence-electron chi connectivity index (χ3n) is 4.99. The van der Waals surface area contributed by atoms with Gasteiger partial charge < -0.3 is 10.1 Å². The Morgan fingerprint density at radius 2 is 1.87 bits per heavy atom. The van der Waals surface area contributed by atoms with E-state index < -0.39 is 0 Å². The molecule has 2 aliphatic carbocycles. The number of amides is 1. The summed E-state index contributed by atoms with van der Waals surface area (Å²) in [5.41, 5.74) is 2.28. The molecule has 1 amide bonds. The van der Waals surface area contributed by atoms with E-state index in [0.717, 1.165) is 17.0 Å². The van der Waals surface area contributed by atoms with E-state index in [-0.39, 0.29) is 5.91 Å². The van der Waals surface area contributed by atoms with Crippen molar-refractivity contribution in [2.75, 3.05) is 13.7 Å². The van der Waals surface area contributed by atoms with Crippen molar-refractivity contribution in [2.24, 2.45) is 5.92 Å². The van der Waals surface area contributed by atoms with Gasteiger partial charge in [-0.3, -0.25) is 9.69 Å². The van der Waals surface area contributed by atoms with Crippen LogP contribution in [0.2, 0.25) is 0 Å². The molecule has 1 aromatic carbocycles. The Morgan fingerprint density at radius 3 is 2.43 bits per heavy atom. The van der Waals surface area contributed by atoms with Crippen LogP contribution in [0.1, 0.15) is 43.7 Å². The molecule has 1 unspecified atom stereocenters. The fourth-order valence-electron chi connectivity index (χ4n) is 3.20. The number of nitrogens with one attached hydrogen (secondary N) is 1. The first-order chi connectivity index (χ1) is 11.2. The Balaban J connectivity index is 1.46. The van der Waals surface area contributed by atoms with Gasteiger partial charge in [-0.25, -0.2) is 0 Å². The van der Waals surface area contributed by atoms with Crippen LogP contribution in [0.15, 0.2) is 24.3 Å². The molecule has 23 heavy (non-hydrogen) atoms. The van der Waals surface area contributed by atoms with E-state index in [2.05, 4.69) is 41.4 Å². The lowest BCUT2D eigenvalue weighted by Crippen LogP contribution is -2.43. The SMILES string of the molecule is COCc1ccc(CNC(=O)CN(C2CC2)C(C)C2CC2)cc1. The minimum atomic E-state index is 0.144. The van der Waals surface area contributed by atoms with Gasteiger partial charge in [0.25, 0.3) is 0 Å². The number of benzene rings is 1. The number of carbonyl (C=O) groups is 1. The van der Waals surface area contributed by atoms with Crippen molar-refractivity contribution >= 4 is 5.91 Å². The Morgan fingerprint density at radius 1 is 1.22 bits per heavy atom. The number of hydrogen-bond donors (Lipinski definition) is 1. The fraction of sp³-hybridized carbons (Fsp3) is 0.632. The Labute approximate surface area is 139 Å². The minimum absolute atomic E-state index is 0.144. The molecular formula is C19H28N2O2. The van der Waals surface area contributed by atoms with E-state index in [1.165, 1.54) is 25.7 Å². The van der Waals surface area contributed by atoms with Crippen molar-refractivity contribution in [2.45, 2.75) is 57.8 Å². The monoisotopic (exact) mass is 316 g/mol. The number of ether oxygens (including phenoxy) is 1. The molecule has 1 atom stereocenters. The summed E-state index contributed by atoms with van der Waals surface area (Å²) in [4.78, 5) is 14.7. The second-order valence-electron chi connectivity index (χ2n) is 7.01. The number of hydrogen-bond acceptors (Lipinski definition) is 3. The van der Waals surface area contributed by atoms with E-state index in [1.54, 1.807) is 7.11 Å². The molecule has 0 saturated heterocycles. The van der Waals surface area contributed by atoms with Gasteiger partial charge in [0.05, 0.1) is 13.2 Å². The van der Waals surface area contributed by atoms with Crippen molar-refractivity contribution in [3.63, 3.8) is 0 Å². The summed E-state index contributed by atoms with van der Waals surface area (Å²) in [7, 11) is 1.70. The molecule has 4 nitrogen and oxygen atoms in total. The van der Waals surface area contributed by atoms with Crippen LogP contribution >= 0.6 is 0 Å². The highest BCUT2D eigenvalue weighted by atomic mass is 16.5. The summed E-state index contributed by atoms with van der Waals surface area (Å²) in [6.45, 7) is 4.06. The Bertz CT molecular complexity index is 521. The molecule has 2 fully saturated rings. The van der Waals surface area contributed by atoms with Crippen LogP contribution in [0, 0.1) is 5.92 Å². The number of carbonyl (C=O) groups excluding carboxylic acids is 1. The van der Waals surface area contributed by atoms with Crippen molar-refractivity contribution in [1.82, 2.24) is 10.2 Å². The van der Waals surface area contributed by atoms with Crippen LogP contribution < -0.4 is 5.32 Å². The highest BCUT2D eigenvalue weighted by Crippen LogP contribution is 2.39. The maximum atomic E-state index is 12.3. The molecule has 126 valence electrons. The number of nitrogens with zero attached hydrogens (tertiary/aromatic N) is 1. The van der Waals surface area contributed by atoms with Gasteiger partial charge in [-0.2, -0.15) is 0 Å². The predicted octanol–water partition coefficient (Wildman–Crippen LogP) is 2.71. The zero-order chi connectivity index (χ0) is 16.2. The summed E-state index contributed by atoms with van der Waals surface area (Å²) >= 11 is 0. The lowest BCUT2D eigenvalue weighted by molar-refractivity contribution is -0.123. The third-order valence-corrected chi connectivity index (χ3v) is 4.99. The zero-order valence-corrected chi connectivity index (χ0v) is 14.3. The highest BCUT2D eigenvalue weighted by molar-refractivity contribution is 5.78. The molecule has 0 bridgehead atoms. The standard InChI is InChI=1S/C19H28N2O2/c1-14(17-7-8-17)21(18-9-10-18)12-19(22)20-11-15-3-5-16(6-4-15)13-23-2/h3-6,14,17-18H,7-13H2,1-2H3,(H,20,22). The quantitative estimate of drug-likeness (QED) is 0.761. The van der Waals surface area contributed by atoms with Gasteiger partial charge in [0.15, 0.2) is 0 Å². The molecule has 2 saturated carbocycles. The normalized spacial score (nSPS) is 18.9. The maximum Gasteiger partial charge on any atom is 0.234 e. The van der Waals surface area contributed by atoms with Crippen LogP contribution in [0.25, 0.3) is 0 Å². The Kier molecular flexibility index (Phi) is 5.34. The molecule has 0 spiro atoms. The van der Waals surface area contributed by atoms with E-state index in [4.69, 9.17) is 4.74 Å². The first-order valence-electron chi connectivity index (χ1n) is 8.76. The van der Waals surface area contributed by atoms with Crippen LogP contribution in [0.4, 0.5) is 0 Å². The topological polar surface area (TPSA) is 41.6 Å². The first kappa shape index (κ1) is 16.5. The Hall–Kier alpha value is -1.39. The van der Waals surface area contributed by atoms with E-state index >= 15 is 0 Å². The number of rotatable bonds is 9. The summed E-state index contributed by atoms with van der Waals surface area (Å²) < 4.78 is 5.11. The lowest BCUT2D eigenvalue weighted by Gasteiger charge is -2.28. The van der Waals surface area contributed by atoms with Gasteiger partial charge in [-0.05, 0) is 49.7 Å². The van der Waals surface area contributed by atoms with Gasteiger partial charge in [0.2, 0.25) is 5.91 Å². The molecule has 1 aromatic rings. The van der Waals surface area contributed by atoms with Crippen LogP contribution in [-0.2, 0) is 22.7 Å². The van der Waals surface area contributed by atoms with E-state index in [9.17, 15) is 4.79 Å². The van der Waals surface area contributed by atoms with Crippen molar-refractivity contribution in [3.05, 3.63) is 35.4 Å². The van der Waals surface area contributed by atoms with Gasteiger partial charge in [-0.15, -0.1) is 0 Å². The van der Waals surface area contributed by atoms with Gasteiger partial charge in [0, 0.05) is 25.7 Å². The molecule has 0 radical (unpaired) electrons. The average Bonchev–Trinajstić information content (AvgIpc) is 3.43. The first-order valence-corrected chi connectivity index (χ1v) is 8.76. The summed E-state index contributed by atoms with van der Waals surface area (Å²) in [5.74, 6) is 0.960. The van der Waals surface area contributed by atoms with Crippen molar-refractivity contribution in [3.8, 4) is 0 Å². The van der Waals surface area contributed by atoms with E-state index in [0.29, 0.717) is 31.8 Å². The summed E-state index contributed by atoms with van der Waals surface area (Å²) in [6.07, 6.45) is 5.18. The smallest absolute Gasteiger partial charge is 0.234 e. The second kappa shape index (κ2) is 7.45. The van der Waals surface area contributed by atoms with Crippen LogP contribution in [0.3, 0.4) is 0 Å². The van der Waals surface area contributed by atoms with E-state index in [1.807, 2.05) is 0 Å². The average molecular weight is 316 g/mol. The number of methoxy groups -OCH3 is 1. The zero-order valence-electron chi connectivity index (χ0n) is 14.3. The van der Waals surface area contributed by atoms with Crippen LogP contribution in [0.5, 0.6) is 0 Å². The van der Waals surface area contributed by atoms with Crippen LogP contribution in [-0.4, -0.2) is 36.5 Å². The van der Waals surface area contributed by atoms with Gasteiger partial charge in [0.1, 0.15) is 0 Å². The molecule has 4 heteroatoms. The summed E-state index contributed by atoms with van der Waals surface area (Å²) in [6, 6.07) is 9.42. The molecule has 2 aliphatic rings. The third kappa shape index (κ3) is 4.79. The minimum Gasteiger partial charge on any atom is -0.380 e. The predicted molar refractivity (Wildman–Crippen MR) is 90.9 cm³/mol. The van der Waals surface area contributed by atoms with Gasteiger partial charge >= 0.3 is 0 Å². The van der Waals surface area contributed by atoms with Crippen molar-refractivity contribution in [1.29, 1.82) is 0 Å². The second-order valence-corrected chi connectivity index (χ2v) is 7.01. The molecule has 3 rings (SSSR count). The molecule has 0 aliphatic heterocycles. The molecule has 0 heterocycles. The lowest BCUT2D eigenvalue weighted by atomic mass is 10.1. The van der Waals surface area contributed by atoms with Gasteiger partial charge in [-0.1, -0.05) is 24.3 Å². The largest absolute Gasteiger partial charge is 0.380 e. The maximum absolute atomic E-state index is 12.3. The highest BCUT2D eigenvalue weighted by Gasteiger charge is 2.39. The molecule has 0 aromatic heterocycles. The molecule has 1 N–H and O–H groups in total. The summed E-state index contributed by atoms with van der Waals surface area (Å²) in [5, 5.41) is 3.07.